The van der Waals surface area contributed by atoms with E-state index in [1.165, 1.54) is 22.7 Å². The molecule has 2 rings (SSSR count). The highest BCUT2D eigenvalue weighted by Crippen LogP contribution is 2.24. The minimum Gasteiger partial charge on any atom is -0.355 e. The molecule has 0 bridgehead atoms. The Kier molecular flexibility index (Phi) is 9.27. The van der Waals surface area contributed by atoms with Gasteiger partial charge in [0.05, 0.1) is 5.75 Å². The zero-order valence-electron chi connectivity index (χ0n) is 16.3. The fourth-order valence-corrected chi connectivity index (χ4v) is 4.06. The fraction of sp³-hybridized carbons (Fsp3) is 0.333. The lowest BCUT2D eigenvalue weighted by molar-refractivity contribution is -0.138. The van der Waals surface area contributed by atoms with E-state index in [1.54, 1.807) is 31.2 Å². The highest BCUT2D eigenvalue weighted by Gasteiger charge is 2.25. The maximum atomic E-state index is 13.9. The van der Waals surface area contributed by atoms with E-state index in [0.29, 0.717) is 22.2 Å². The molecule has 0 saturated heterocycles. The van der Waals surface area contributed by atoms with Gasteiger partial charge in [0, 0.05) is 34.5 Å². The van der Waals surface area contributed by atoms with Gasteiger partial charge in [0.15, 0.2) is 0 Å². The molecule has 0 aliphatic carbocycles. The molecule has 2 aromatic rings. The number of thioether (sulfide) groups is 1. The Bertz CT molecular complexity index is 829. The van der Waals surface area contributed by atoms with Crippen molar-refractivity contribution < 1.29 is 14.0 Å². The molecule has 0 unspecified atom stereocenters. The van der Waals surface area contributed by atoms with Crippen LogP contribution in [-0.4, -0.2) is 35.1 Å². The molecule has 0 aromatic heterocycles. The van der Waals surface area contributed by atoms with Crippen molar-refractivity contribution in [2.24, 2.45) is 0 Å². The second-order valence-electron chi connectivity index (χ2n) is 6.41. The van der Waals surface area contributed by atoms with Crippen LogP contribution in [0.5, 0.6) is 0 Å². The number of carbonyl (C=O) groups is 2. The van der Waals surface area contributed by atoms with Gasteiger partial charge >= 0.3 is 0 Å². The van der Waals surface area contributed by atoms with E-state index in [-0.39, 0.29) is 29.9 Å². The Morgan fingerprint density at radius 2 is 1.86 bits per heavy atom. The van der Waals surface area contributed by atoms with Crippen LogP contribution in [0.2, 0.25) is 10.0 Å². The highest BCUT2D eigenvalue weighted by molar-refractivity contribution is 7.99. The number of rotatable bonds is 9. The molecule has 0 fully saturated rings. The van der Waals surface area contributed by atoms with E-state index in [0.717, 1.165) is 5.56 Å². The van der Waals surface area contributed by atoms with E-state index >= 15 is 0 Å². The van der Waals surface area contributed by atoms with Gasteiger partial charge in [-0.1, -0.05) is 41.4 Å². The number of hydrogen-bond donors (Lipinski definition) is 1. The first-order valence-electron chi connectivity index (χ1n) is 9.15. The molecule has 0 heterocycles. The molecule has 2 aromatic carbocycles. The third kappa shape index (κ3) is 6.91. The lowest BCUT2D eigenvalue weighted by atomic mass is 10.1. The number of halogens is 3. The summed E-state index contributed by atoms with van der Waals surface area (Å²) >= 11 is 13.2. The van der Waals surface area contributed by atoms with Crippen LogP contribution >= 0.6 is 35.0 Å². The zero-order chi connectivity index (χ0) is 21.4. The molecule has 29 heavy (non-hydrogen) atoms. The van der Waals surface area contributed by atoms with Crippen molar-refractivity contribution in [1.29, 1.82) is 0 Å². The van der Waals surface area contributed by atoms with Crippen molar-refractivity contribution in [3.63, 3.8) is 0 Å². The molecule has 2 amide bonds. The van der Waals surface area contributed by atoms with Crippen molar-refractivity contribution in [3.05, 3.63) is 69.5 Å². The van der Waals surface area contributed by atoms with Gasteiger partial charge in [-0.25, -0.2) is 4.39 Å². The van der Waals surface area contributed by atoms with E-state index < -0.39 is 11.9 Å². The number of nitrogens with one attached hydrogen (secondary N) is 1. The monoisotopic (exact) mass is 456 g/mol. The van der Waals surface area contributed by atoms with Gasteiger partial charge in [-0.2, -0.15) is 0 Å². The van der Waals surface area contributed by atoms with E-state index in [4.69, 9.17) is 23.2 Å². The number of benzene rings is 2. The first-order valence-corrected chi connectivity index (χ1v) is 11.1. The largest absolute Gasteiger partial charge is 0.355 e. The standard InChI is InChI=1S/C21H23Cl2FN2O2S/c1-3-25-21(28)14(2)26(11-15-7-9-16(22)10-8-15)20(27)13-29-12-17-18(23)5-4-6-19(17)24/h4-10,14H,3,11-13H2,1-2H3,(H,25,28)/t14-/m1/s1. The smallest absolute Gasteiger partial charge is 0.242 e. The molecule has 0 aliphatic heterocycles. The molecule has 8 heteroatoms. The van der Waals surface area contributed by atoms with Gasteiger partial charge < -0.3 is 10.2 Å². The topological polar surface area (TPSA) is 49.4 Å². The normalized spacial score (nSPS) is 11.8. The van der Waals surface area contributed by atoms with Crippen LogP contribution in [0.15, 0.2) is 42.5 Å². The predicted octanol–water partition coefficient (Wildman–Crippen LogP) is 4.92. The number of likely N-dealkylation sites (N-methyl/N-ethyl adjacent to an activating group) is 1. The van der Waals surface area contributed by atoms with Crippen molar-refractivity contribution in [3.8, 4) is 0 Å². The summed E-state index contributed by atoms with van der Waals surface area (Å²) in [6.45, 7) is 4.27. The zero-order valence-corrected chi connectivity index (χ0v) is 18.6. The van der Waals surface area contributed by atoms with Crippen LogP contribution in [0.1, 0.15) is 25.0 Å². The summed E-state index contributed by atoms with van der Waals surface area (Å²) in [4.78, 5) is 26.7. The Balaban J connectivity index is 2.08. The second kappa shape index (κ2) is 11.4. The molecule has 0 radical (unpaired) electrons. The van der Waals surface area contributed by atoms with E-state index in [2.05, 4.69) is 5.32 Å². The quantitative estimate of drug-likeness (QED) is 0.582. The van der Waals surface area contributed by atoms with E-state index in [1.807, 2.05) is 19.1 Å². The molecule has 4 nitrogen and oxygen atoms in total. The summed E-state index contributed by atoms with van der Waals surface area (Å²) in [6, 6.07) is 11.0. The van der Waals surface area contributed by atoms with Crippen LogP contribution in [0.3, 0.4) is 0 Å². The molecule has 0 saturated carbocycles. The Hall–Kier alpha value is -1.76. The minimum absolute atomic E-state index is 0.0992. The summed E-state index contributed by atoms with van der Waals surface area (Å²) in [6.07, 6.45) is 0. The number of hydrogen-bond acceptors (Lipinski definition) is 3. The average Bonchev–Trinajstić information content (AvgIpc) is 2.69. The average molecular weight is 457 g/mol. The highest BCUT2D eigenvalue weighted by atomic mass is 35.5. The SMILES string of the molecule is CCNC(=O)[C@@H](C)N(Cc1ccc(Cl)cc1)C(=O)CSCc1c(F)cccc1Cl. The number of nitrogens with zero attached hydrogens (tertiary/aromatic N) is 1. The summed E-state index contributed by atoms with van der Waals surface area (Å²) in [5.74, 6) is -0.469. The Morgan fingerprint density at radius 1 is 1.17 bits per heavy atom. The second-order valence-corrected chi connectivity index (χ2v) is 8.24. The van der Waals surface area contributed by atoms with Crippen LogP contribution in [0.25, 0.3) is 0 Å². The molecule has 156 valence electrons. The molecular formula is C21H23Cl2FN2O2S. The van der Waals surface area contributed by atoms with Gasteiger partial charge in [-0.3, -0.25) is 9.59 Å². The minimum atomic E-state index is -0.643. The van der Waals surface area contributed by atoms with Crippen molar-refractivity contribution in [2.45, 2.75) is 32.2 Å². The first-order chi connectivity index (χ1) is 13.8. The number of amides is 2. The maximum absolute atomic E-state index is 13.9. The van der Waals surface area contributed by atoms with Crippen molar-refractivity contribution >= 4 is 46.8 Å². The van der Waals surface area contributed by atoms with E-state index in [9.17, 15) is 14.0 Å². The van der Waals surface area contributed by atoms with Gasteiger partial charge in [-0.05, 0) is 43.7 Å². The fourth-order valence-electron chi connectivity index (χ4n) is 2.68. The summed E-state index contributed by atoms with van der Waals surface area (Å²) in [5, 5.41) is 3.67. The van der Waals surface area contributed by atoms with Crippen LogP contribution < -0.4 is 5.32 Å². The van der Waals surface area contributed by atoms with Crippen molar-refractivity contribution in [1.82, 2.24) is 10.2 Å². The predicted molar refractivity (Wildman–Crippen MR) is 118 cm³/mol. The van der Waals surface area contributed by atoms with Gasteiger partial charge in [0.2, 0.25) is 11.8 Å². The maximum Gasteiger partial charge on any atom is 0.242 e. The van der Waals surface area contributed by atoms with Gasteiger partial charge in [0.1, 0.15) is 11.9 Å². The Labute approximate surface area is 184 Å². The third-order valence-corrected chi connectivity index (χ3v) is 5.87. The van der Waals surface area contributed by atoms with Crippen LogP contribution in [0, 0.1) is 5.82 Å². The Morgan fingerprint density at radius 3 is 2.48 bits per heavy atom. The molecule has 0 aliphatic rings. The summed E-state index contributed by atoms with van der Waals surface area (Å²) in [5.41, 5.74) is 1.23. The lowest BCUT2D eigenvalue weighted by Crippen LogP contribution is -2.48. The van der Waals surface area contributed by atoms with Gasteiger partial charge in [-0.15, -0.1) is 11.8 Å². The molecule has 1 N–H and O–H groups in total. The van der Waals surface area contributed by atoms with Crippen LogP contribution in [-0.2, 0) is 21.9 Å². The number of carbonyl (C=O) groups excluding carboxylic acids is 2. The molecular weight excluding hydrogens is 434 g/mol. The van der Waals surface area contributed by atoms with Crippen molar-refractivity contribution in [2.75, 3.05) is 12.3 Å². The van der Waals surface area contributed by atoms with Gasteiger partial charge in [0.25, 0.3) is 0 Å². The lowest BCUT2D eigenvalue weighted by Gasteiger charge is -2.28. The summed E-state index contributed by atoms with van der Waals surface area (Å²) in [7, 11) is 0. The third-order valence-electron chi connectivity index (χ3n) is 4.32. The van der Waals surface area contributed by atoms with Crippen LogP contribution in [0.4, 0.5) is 4.39 Å². The molecule has 1 atom stereocenters. The molecule has 0 spiro atoms. The summed E-state index contributed by atoms with van der Waals surface area (Å²) < 4.78 is 13.9. The first kappa shape index (κ1) is 23.5.